The van der Waals surface area contributed by atoms with Gasteiger partial charge in [0.25, 0.3) is 0 Å². The Balaban J connectivity index is 2.02. The van der Waals surface area contributed by atoms with Crippen molar-refractivity contribution < 1.29 is 0 Å². The zero-order valence-electron chi connectivity index (χ0n) is 13.5. The normalized spacial score (nSPS) is 11.9. The number of rotatable bonds is 4. The summed E-state index contributed by atoms with van der Waals surface area (Å²) in [5.74, 6) is 0.274. The topological polar surface area (TPSA) is 28.7 Å². The van der Waals surface area contributed by atoms with Crippen molar-refractivity contribution in [3.8, 4) is 6.07 Å². The summed E-state index contributed by atoms with van der Waals surface area (Å²) in [5, 5.41) is 9.18. The summed E-state index contributed by atoms with van der Waals surface area (Å²) in [7, 11) is 0. The van der Waals surface area contributed by atoms with Gasteiger partial charge in [0.05, 0.1) is 5.56 Å². The molecule has 1 atom stereocenters. The van der Waals surface area contributed by atoms with Crippen LogP contribution in [-0.2, 0) is 6.54 Å². The van der Waals surface area contributed by atoms with Gasteiger partial charge in [0.2, 0.25) is 0 Å². The maximum Gasteiger partial charge on any atom is 0.101 e. The minimum atomic E-state index is 0.274. The van der Waals surface area contributed by atoms with Crippen LogP contribution in [0.1, 0.15) is 33.7 Å². The van der Waals surface area contributed by atoms with Crippen molar-refractivity contribution in [2.75, 3.05) is 0 Å². The molecule has 2 nitrogen and oxygen atoms in total. The molecule has 0 fully saturated rings. The standard InChI is InChI=1S/C21H20N2/c1-16-8-6-7-11-20(16)21(18-9-4-3-5-10-18)15-23-13-17(2)19(12-22)14-23/h3-11,13-14,21H,15H2,1-2H3. The molecule has 23 heavy (non-hydrogen) atoms. The fourth-order valence-electron chi connectivity index (χ4n) is 3.10. The Morgan fingerprint density at radius 3 is 2.26 bits per heavy atom. The second kappa shape index (κ2) is 6.54. The number of nitriles is 1. The molecule has 0 aliphatic rings. The molecule has 0 saturated carbocycles. The third kappa shape index (κ3) is 3.19. The molecule has 1 aromatic heterocycles. The van der Waals surface area contributed by atoms with Crippen LogP contribution in [0.5, 0.6) is 0 Å². The molecule has 3 aromatic rings. The lowest BCUT2D eigenvalue weighted by Gasteiger charge is -2.21. The Hall–Kier alpha value is -2.79. The molecule has 2 aromatic carbocycles. The molecule has 1 unspecified atom stereocenters. The van der Waals surface area contributed by atoms with Gasteiger partial charge in [0.15, 0.2) is 0 Å². The van der Waals surface area contributed by atoms with E-state index >= 15 is 0 Å². The highest BCUT2D eigenvalue weighted by atomic mass is 14.9. The van der Waals surface area contributed by atoms with Crippen molar-refractivity contribution in [1.82, 2.24) is 4.57 Å². The maximum atomic E-state index is 9.18. The maximum absolute atomic E-state index is 9.18. The lowest BCUT2D eigenvalue weighted by Crippen LogP contribution is -2.11. The van der Waals surface area contributed by atoms with Crippen LogP contribution in [0, 0.1) is 25.2 Å². The lowest BCUT2D eigenvalue weighted by atomic mass is 9.88. The summed E-state index contributed by atoms with van der Waals surface area (Å²) in [6.07, 6.45) is 4.01. The first-order chi connectivity index (χ1) is 11.2. The van der Waals surface area contributed by atoms with Crippen molar-refractivity contribution in [1.29, 1.82) is 5.26 Å². The van der Waals surface area contributed by atoms with E-state index in [0.29, 0.717) is 0 Å². The first kappa shape index (κ1) is 15.1. The molecule has 3 rings (SSSR count). The van der Waals surface area contributed by atoms with E-state index in [2.05, 4.69) is 72.3 Å². The number of benzene rings is 2. The summed E-state index contributed by atoms with van der Waals surface area (Å²) in [4.78, 5) is 0. The van der Waals surface area contributed by atoms with Gasteiger partial charge in [-0.05, 0) is 36.1 Å². The Morgan fingerprint density at radius 1 is 0.913 bits per heavy atom. The number of hydrogen-bond acceptors (Lipinski definition) is 1. The molecule has 0 aliphatic carbocycles. The van der Waals surface area contributed by atoms with Gasteiger partial charge >= 0.3 is 0 Å². The lowest BCUT2D eigenvalue weighted by molar-refractivity contribution is 0.624. The molecule has 1 heterocycles. The van der Waals surface area contributed by atoms with Crippen LogP contribution in [0.25, 0.3) is 0 Å². The highest BCUT2D eigenvalue weighted by molar-refractivity contribution is 5.38. The molecule has 0 N–H and O–H groups in total. The van der Waals surface area contributed by atoms with Gasteiger partial charge < -0.3 is 4.57 Å². The molecular formula is C21H20N2. The molecule has 0 radical (unpaired) electrons. The second-order valence-electron chi connectivity index (χ2n) is 5.98. The van der Waals surface area contributed by atoms with Crippen LogP contribution in [0.3, 0.4) is 0 Å². The zero-order chi connectivity index (χ0) is 16.2. The minimum absolute atomic E-state index is 0.274. The predicted molar refractivity (Wildman–Crippen MR) is 93.3 cm³/mol. The van der Waals surface area contributed by atoms with Crippen molar-refractivity contribution in [2.24, 2.45) is 0 Å². The summed E-state index contributed by atoms with van der Waals surface area (Å²) in [6, 6.07) is 21.4. The molecule has 0 bridgehead atoms. The molecule has 0 spiro atoms. The third-order valence-corrected chi connectivity index (χ3v) is 4.36. The summed E-state index contributed by atoms with van der Waals surface area (Å²) in [6.45, 7) is 4.98. The molecule has 2 heteroatoms. The SMILES string of the molecule is Cc1cn(CC(c2ccccc2)c2ccccc2C)cc1C#N. The van der Waals surface area contributed by atoms with E-state index in [1.807, 2.05) is 19.2 Å². The van der Waals surface area contributed by atoms with Gasteiger partial charge in [-0.3, -0.25) is 0 Å². The van der Waals surface area contributed by atoms with Crippen LogP contribution >= 0.6 is 0 Å². The summed E-state index contributed by atoms with van der Waals surface area (Å²) < 4.78 is 2.14. The van der Waals surface area contributed by atoms with E-state index in [4.69, 9.17) is 0 Å². The van der Waals surface area contributed by atoms with Crippen LogP contribution in [0.2, 0.25) is 0 Å². The van der Waals surface area contributed by atoms with E-state index in [9.17, 15) is 5.26 Å². The van der Waals surface area contributed by atoms with E-state index in [0.717, 1.165) is 17.7 Å². The predicted octanol–water partition coefficient (Wildman–Crippen LogP) is 4.81. The van der Waals surface area contributed by atoms with E-state index in [1.54, 1.807) is 0 Å². The molecule has 0 saturated heterocycles. The monoisotopic (exact) mass is 300 g/mol. The second-order valence-corrected chi connectivity index (χ2v) is 5.98. The van der Waals surface area contributed by atoms with E-state index in [-0.39, 0.29) is 5.92 Å². The number of nitrogens with zero attached hydrogens (tertiary/aromatic N) is 2. The quantitative estimate of drug-likeness (QED) is 0.680. The fraction of sp³-hybridized carbons (Fsp3) is 0.190. The van der Waals surface area contributed by atoms with Gasteiger partial charge in [0, 0.05) is 24.9 Å². The molecule has 114 valence electrons. The molecule has 0 amide bonds. The summed E-state index contributed by atoms with van der Waals surface area (Å²) in [5.41, 5.74) is 5.71. The minimum Gasteiger partial charge on any atom is -0.352 e. The van der Waals surface area contributed by atoms with Gasteiger partial charge in [-0.1, -0.05) is 54.6 Å². The zero-order valence-corrected chi connectivity index (χ0v) is 13.5. The number of aryl methyl sites for hydroxylation is 2. The van der Waals surface area contributed by atoms with Gasteiger partial charge in [-0.2, -0.15) is 5.26 Å². The highest BCUT2D eigenvalue weighted by Crippen LogP contribution is 2.29. The van der Waals surface area contributed by atoms with Crippen LogP contribution in [-0.4, -0.2) is 4.57 Å². The Kier molecular flexibility index (Phi) is 4.30. The Bertz CT molecular complexity index is 838. The number of hydrogen-bond donors (Lipinski definition) is 0. The van der Waals surface area contributed by atoms with E-state index in [1.165, 1.54) is 16.7 Å². The Labute approximate surface area is 137 Å². The Morgan fingerprint density at radius 2 is 1.61 bits per heavy atom. The average Bonchev–Trinajstić information content (AvgIpc) is 2.94. The van der Waals surface area contributed by atoms with Crippen molar-refractivity contribution >= 4 is 0 Å². The van der Waals surface area contributed by atoms with Crippen molar-refractivity contribution in [3.05, 3.63) is 94.8 Å². The van der Waals surface area contributed by atoms with Crippen LogP contribution in [0.4, 0.5) is 0 Å². The van der Waals surface area contributed by atoms with Crippen molar-refractivity contribution in [3.63, 3.8) is 0 Å². The smallest absolute Gasteiger partial charge is 0.101 e. The van der Waals surface area contributed by atoms with Gasteiger partial charge in [0.1, 0.15) is 6.07 Å². The highest BCUT2D eigenvalue weighted by Gasteiger charge is 2.17. The van der Waals surface area contributed by atoms with E-state index < -0.39 is 0 Å². The first-order valence-electron chi connectivity index (χ1n) is 7.86. The van der Waals surface area contributed by atoms with Gasteiger partial charge in [-0.15, -0.1) is 0 Å². The van der Waals surface area contributed by atoms with Gasteiger partial charge in [-0.25, -0.2) is 0 Å². The van der Waals surface area contributed by atoms with Crippen molar-refractivity contribution in [2.45, 2.75) is 26.3 Å². The third-order valence-electron chi connectivity index (χ3n) is 4.36. The van der Waals surface area contributed by atoms with Crippen LogP contribution in [0.15, 0.2) is 67.0 Å². The molecular weight excluding hydrogens is 280 g/mol. The fourth-order valence-corrected chi connectivity index (χ4v) is 3.10. The largest absolute Gasteiger partial charge is 0.352 e. The number of aromatic nitrogens is 1. The first-order valence-corrected chi connectivity index (χ1v) is 7.86. The molecule has 0 aliphatic heterocycles. The average molecular weight is 300 g/mol. The van der Waals surface area contributed by atoms with Crippen LogP contribution < -0.4 is 0 Å². The summed E-state index contributed by atoms with van der Waals surface area (Å²) >= 11 is 0.